The van der Waals surface area contributed by atoms with E-state index in [1.54, 1.807) is 0 Å². The lowest BCUT2D eigenvalue weighted by Gasteiger charge is -2.34. The monoisotopic (exact) mass is 353 g/mol. The Morgan fingerprint density at radius 2 is 1.92 bits per heavy atom. The van der Waals surface area contributed by atoms with E-state index in [-0.39, 0.29) is 0 Å². The van der Waals surface area contributed by atoms with Crippen molar-refractivity contribution >= 4 is 11.6 Å². The molecule has 1 amide bonds. The van der Waals surface area contributed by atoms with Gasteiger partial charge in [-0.25, -0.2) is 0 Å². The Morgan fingerprint density at radius 3 is 2.73 bits per heavy atom. The lowest BCUT2D eigenvalue weighted by atomic mass is 9.90. The molecule has 1 aromatic rings. The summed E-state index contributed by atoms with van der Waals surface area (Å²) in [5.41, 5.74) is 4.66. The number of hydrogen-bond donors (Lipinski definition) is 1. The van der Waals surface area contributed by atoms with E-state index in [0.29, 0.717) is 17.2 Å². The van der Waals surface area contributed by atoms with Crippen molar-refractivity contribution in [1.82, 2.24) is 9.80 Å². The summed E-state index contributed by atoms with van der Waals surface area (Å²) in [6.07, 6.45) is 8.43. The van der Waals surface area contributed by atoms with Gasteiger partial charge in [-0.2, -0.15) is 0 Å². The summed E-state index contributed by atoms with van der Waals surface area (Å²) in [6, 6.07) is 6.74. The lowest BCUT2D eigenvalue weighted by molar-refractivity contribution is -0.134. The van der Waals surface area contributed by atoms with Gasteiger partial charge in [-0.15, -0.1) is 0 Å². The Bertz CT molecular complexity index is 687. The maximum Gasteiger partial charge on any atom is 0.226 e. The number of rotatable bonds is 3. The number of likely N-dealkylation sites (tertiary alicyclic amines) is 2. The number of benzene rings is 1. The maximum atomic E-state index is 12.8. The number of carbonyl (C=O) groups excluding carboxylic acids is 1. The van der Waals surface area contributed by atoms with Crippen LogP contribution in [0.3, 0.4) is 0 Å². The summed E-state index contributed by atoms with van der Waals surface area (Å²) in [5, 5.41) is 3.57. The smallest absolute Gasteiger partial charge is 0.226 e. The van der Waals surface area contributed by atoms with Crippen LogP contribution in [0.15, 0.2) is 18.2 Å². The van der Waals surface area contributed by atoms with Gasteiger partial charge in [0, 0.05) is 37.8 Å². The van der Waals surface area contributed by atoms with Crippen LogP contribution in [0.5, 0.6) is 0 Å². The predicted molar refractivity (Wildman–Crippen MR) is 104 cm³/mol. The molecule has 0 radical (unpaired) electrons. The van der Waals surface area contributed by atoms with Crippen molar-refractivity contribution in [1.29, 1.82) is 0 Å². The topological polar surface area (TPSA) is 35.6 Å². The van der Waals surface area contributed by atoms with E-state index in [4.69, 9.17) is 0 Å². The molecule has 1 saturated carbocycles. The molecule has 5 rings (SSSR count). The van der Waals surface area contributed by atoms with Crippen LogP contribution < -0.4 is 5.32 Å². The Balaban J connectivity index is 1.17. The maximum absolute atomic E-state index is 12.8. The van der Waals surface area contributed by atoms with Crippen molar-refractivity contribution in [3.63, 3.8) is 0 Å². The predicted octanol–water partition coefficient (Wildman–Crippen LogP) is 3.27. The average Bonchev–Trinajstić information content (AvgIpc) is 3.15. The van der Waals surface area contributed by atoms with Crippen molar-refractivity contribution < 1.29 is 4.79 Å². The number of piperidine rings is 2. The number of hydrogen-bond acceptors (Lipinski definition) is 3. The third-order valence-corrected chi connectivity index (χ3v) is 7.33. The van der Waals surface area contributed by atoms with Crippen molar-refractivity contribution in [2.45, 2.75) is 51.5 Å². The molecule has 4 heteroatoms. The van der Waals surface area contributed by atoms with Crippen LogP contribution >= 0.6 is 0 Å². The Kier molecular flexibility index (Phi) is 4.19. The molecule has 1 aromatic carbocycles. The van der Waals surface area contributed by atoms with Gasteiger partial charge < -0.3 is 10.2 Å². The minimum atomic E-state index is 0.338. The molecule has 0 aromatic heterocycles. The summed E-state index contributed by atoms with van der Waals surface area (Å²) >= 11 is 0. The van der Waals surface area contributed by atoms with Crippen LogP contribution in [-0.2, 0) is 17.8 Å². The molecule has 3 heterocycles. The quantitative estimate of drug-likeness (QED) is 0.906. The van der Waals surface area contributed by atoms with Crippen LogP contribution in [0.1, 0.15) is 49.7 Å². The molecule has 3 aliphatic heterocycles. The van der Waals surface area contributed by atoms with Gasteiger partial charge in [0.1, 0.15) is 0 Å². The average molecular weight is 354 g/mol. The van der Waals surface area contributed by atoms with Crippen LogP contribution in [0.4, 0.5) is 5.69 Å². The van der Waals surface area contributed by atoms with Crippen LogP contribution in [0.25, 0.3) is 0 Å². The normalized spacial score (nSPS) is 27.2. The Hall–Kier alpha value is -1.55. The van der Waals surface area contributed by atoms with Crippen molar-refractivity contribution in [3.05, 3.63) is 29.3 Å². The van der Waals surface area contributed by atoms with Gasteiger partial charge in [0.05, 0.1) is 0 Å². The largest absolute Gasteiger partial charge is 0.384 e. The van der Waals surface area contributed by atoms with Crippen LogP contribution in [0.2, 0.25) is 0 Å². The first-order valence-electron chi connectivity index (χ1n) is 10.6. The van der Waals surface area contributed by atoms with E-state index in [1.165, 1.54) is 48.9 Å². The first kappa shape index (κ1) is 16.6. The van der Waals surface area contributed by atoms with Crippen molar-refractivity contribution in [3.8, 4) is 0 Å². The second-order valence-corrected chi connectivity index (χ2v) is 8.91. The molecule has 1 unspecified atom stereocenters. The summed E-state index contributed by atoms with van der Waals surface area (Å²) < 4.78 is 0. The van der Waals surface area contributed by atoms with Gasteiger partial charge >= 0.3 is 0 Å². The molecule has 3 fully saturated rings. The lowest BCUT2D eigenvalue weighted by Crippen LogP contribution is -2.40. The number of anilines is 1. The highest BCUT2D eigenvalue weighted by molar-refractivity contribution is 5.82. The van der Waals surface area contributed by atoms with E-state index in [9.17, 15) is 4.79 Å². The minimum Gasteiger partial charge on any atom is -0.384 e. The summed E-state index contributed by atoms with van der Waals surface area (Å²) in [4.78, 5) is 17.6. The highest BCUT2D eigenvalue weighted by atomic mass is 16.2. The Labute approximate surface area is 156 Å². The highest BCUT2D eigenvalue weighted by Gasteiger charge is 2.59. The zero-order valence-electron chi connectivity index (χ0n) is 15.8. The Morgan fingerprint density at radius 1 is 1.12 bits per heavy atom. The summed E-state index contributed by atoms with van der Waals surface area (Å²) in [5.74, 6) is 0.814. The van der Waals surface area contributed by atoms with Gasteiger partial charge in [0.2, 0.25) is 5.91 Å². The second kappa shape index (κ2) is 6.56. The first-order valence-corrected chi connectivity index (χ1v) is 10.6. The van der Waals surface area contributed by atoms with Gasteiger partial charge in [-0.05, 0) is 74.6 Å². The number of nitrogens with one attached hydrogen (secondary N) is 1. The van der Waals surface area contributed by atoms with Crippen molar-refractivity contribution in [2.75, 3.05) is 38.0 Å². The number of para-hydroxylation sites is 1. The van der Waals surface area contributed by atoms with Gasteiger partial charge in [0.25, 0.3) is 0 Å². The third kappa shape index (κ3) is 2.92. The second-order valence-electron chi connectivity index (χ2n) is 8.91. The molecular formula is C22H31N3O. The number of amides is 1. The minimum absolute atomic E-state index is 0.338. The number of nitrogens with zero attached hydrogens (tertiary/aromatic N) is 2. The first-order chi connectivity index (χ1) is 12.8. The van der Waals surface area contributed by atoms with Gasteiger partial charge in [-0.3, -0.25) is 9.69 Å². The molecule has 1 atom stereocenters. The fraction of sp³-hybridized carbons (Fsp3) is 0.682. The summed E-state index contributed by atoms with van der Waals surface area (Å²) in [6.45, 7) is 6.43. The van der Waals surface area contributed by atoms with Gasteiger partial charge in [-0.1, -0.05) is 18.2 Å². The van der Waals surface area contributed by atoms with E-state index >= 15 is 0 Å². The molecule has 140 valence electrons. The molecular weight excluding hydrogens is 322 g/mol. The number of carbonyl (C=O) groups is 1. The summed E-state index contributed by atoms with van der Waals surface area (Å²) in [7, 11) is 0. The molecule has 0 bridgehead atoms. The van der Waals surface area contributed by atoms with E-state index in [2.05, 4.69) is 33.3 Å². The van der Waals surface area contributed by atoms with Crippen LogP contribution in [0, 0.1) is 11.3 Å². The zero-order chi connectivity index (χ0) is 17.6. The van der Waals surface area contributed by atoms with Gasteiger partial charge in [0.15, 0.2) is 0 Å². The van der Waals surface area contributed by atoms with E-state index < -0.39 is 0 Å². The van der Waals surface area contributed by atoms with Crippen LogP contribution in [-0.4, -0.2) is 48.4 Å². The SMILES string of the molecule is O=C(C1CC12CCN(Cc1cccc3c1NCC3)CC2)N1CCCCC1. The highest BCUT2D eigenvalue weighted by Crippen LogP contribution is 2.60. The van der Waals surface area contributed by atoms with E-state index in [0.717, 1.165) is 52.1 Å². The molecule has 4 aliphatic rings. The fourth-order valence-corrected chi connectivity index (χ4v) is 5.52. The number of fused-ring (bicyclic) bond motifs is 1. The molecule has 1 N–H and O–H groups in total. The molecule has 1 aliphatic carbocycles. The zero-order valence-corrected chi connectivity index (χ0v) is 15.8. The fourth-order valence-electron chi connectivity index (χ4n) is 5.52. The molecule has 26 heavy (non-hydrogen) atoms. The standard InChI is InChI=1S/C22H31N3O/c26-21(25-11-2-1-3-12-25)19-15-22(19)8-13-24(14-9-22)16-18-6-4-5-17-7-10-23-20(17)18/h4-6,19,23H,1-3,7-16H2. The van der Waals surface area contributed by atoms with E-state index in [1.807, 2.05) is 0 Å². The molecule has 1 spiro atoms. The molecule has 4 nitrogen and oxygen atoms in total. The molecule has 2 saturated heterocycles. The van der Waals surface area contributed by atoms with Crippen molar-refractivity contribution in [2.24, 2.45) is 11.3 Å². The third-order valence-electron chi connectivity index (χ3n) is 7.33.